The summed E-state index contributed by atoms with van der Waals surface area (Å²) in [6.45, 7) is 5.11. The minimum Gasteiger partial charge on any atom is -0.308 e. The van der Waals surface area contributed by atoms with Gasteiger partial charge in [0.1, 0.15) is 10.0 Å². The van der Waals surface area contributed by atoms with Crippen molar-refractivity contribution in [2.45, 2.75) is 19.9 Å². The summed E-state index contributed by atoms with van der Waals surface area (Å²) in [7, 11) is 0. The standard InChI is InChI=1S/C12H13Br2N3S/c1-3-15-7(2)11-16-17-12(18-11)9-6-8(13)4-5-10(9)14/h4-7,15H,3H2,1-2H3. The van der Waals surface area contributed by atoms with Crippen LogP contribution in [0.3, 0.4) is 0 Å². The maximum Gasteiger partial charge on any atom is 0.149 e. The molecular formula is C12H13Br2N3S. The van der Waals surface area contributed by atoms with E-state index in [1.54, 1.807) is 11.3 Å². The minimum absolute atomic E-state index is 0.243. The fraction of sp³-hybridized carbons (Fsp3) is 0.333. The van der Waals surface area contributed by atoms with E-state index >= 15 is 0 Å². The second kappa shape index (κ2) is 6.23. The van der Waals surface area contributed by atoms with Gasteiger partial charge in [-0.05, 0) is 31.7 Å². The smallest absolute Gasteiger partial charge is 0.149 e. The van der Waals surface area contributed by atoms with Crippen LogP contribution >= 0.6 is 43.2 Å². The fourth-order valence-electron chi connectivity index (χ4n) is 1.57. The first-order valence-electron chi connectivity index (χ1n) is 5.64. The molecule has 1 N–H and O–H groups in total. The van der Waals surface area contributed by atoms with Gasteiger partial charge in [0.2, 0.25) is 0 Å². The Hall–Kier alpha value is -0.300. The van der Waals surface area contributed by atoms with E-state index in [0.29, 0.717) is 0 Å². The number of hydrogen-bond donors (Lipinski definition) is 1. The van der Waals surface area contributed by atoms with Crippen molar-refractivity contribution in [1.29, 1.82) is 0 Å². The third kappa shape index (κ3) is 3.17. The van der Waals surface area contributed by atoms with E-state index in [2.05, 4.69) is 61.2 Å². The van der Waals surface area contributed by atoms with Crippen LogP contribution in [-0.2, 0) is 0 Å². The molecule has 1 heterocycles. The van der Waals surface area contributed by atoms with Crippen LogP contribution in [0.15, 0.2) is 27.1 Å². The van der Waals surface area contributed by atoms with Crippen molar-refractivity contribution >= 4 is 43.2 Å². The Balaban J connectivity index is 2.32. The number of aromatic nitrogens is 2. The zero-order valence-corrected chi connectivity index (χ0v) is 14.1. The molecule has 0 amide bonds. The lowest BCUT2D eigenvalue weighted by Gasteiger charge is -2.06. The lowest BCUT2D eigenvalue weighted by Crippen LogP contribution is -2.17. The molecule has 3 nitrogen and oxygen atoms in total. The van der Waals surface area contributed by atoms with E-state index in [1.807, 2.05) is 18.2 Å². The Morgan fingerprint density at radius 2 is 2.11 bits per heavy atom. The summed E-state index contributed by atoms with van der Waals surface area (Å²) in [5.74, 6) is 0. The third-order valence-corrected chi connectivity index (χ3v) is 4.80. The molecule has 0 saturated carbocycles. The molecule has 96 valence electrons. The maximum atomic E-state index is 4.27. The molecule has 0 aliphatic carbocycles. The Morgan fingerprint density at radius 1 is 1.33 bits per heavy atom. The highest BCUT2D eigenvalue weighted by Crippen LogP contribution is 2.33. The van der Waals surface area contributed by atoms with Crippen molar-refractivity contribution in [3.05, 3.63) is 32.2 Å². The predicted molar refractivity (Wildman–Crippen MR) is 82.8 cm³/mol. The van der Waals surface area contributed by atoms with Gasteiger partial charge in [-0.2, -0.15) is 0 Å². The normalized spacial score (nSPS) is 12.7. The van der Waals surface area contributed by atoms with E-state index in [1.165, 1.54) is 0 Å². The summed E-state index contributed by atoms with van der Waals surface area (Å²) in [5.41, 5.74) is 1.07. The molecule has 2 rings (SSSR count). The molecule has 1 aromatic carbocycles. The average Bonchev–Trinajstić information content (AvgIpc) is 2.82. The highest BCUT2D eigenvalue weighted by atomic mass is 79.9. The first-order chi connectivity index (χ1) is 8.61. The Labute approximate surface area is 127 Å². The van der Waals surface area contributed by atoms with E-state index in [0.717, 1.165) is 31.1 Å². The first-order valence-corrected chi connectivity index (χ1v) is 8.04. The summed E-state index contributed by atoms with van der Waals surface area (Å²) in [6, 6.07) is 6.30. The minimum atomic E-state index is 0.243. The van der Waals surface area contributed by atoms with Gasteiger partial charge in [0, 0.05) is 14.5 Å². The molecule has 6 heteroatoms. The van der Waals surface area contributed by atoms with Crippen molar-refractivity contribution in [2.24, 2.45) is 0 Å². The number of rotatable bonds is 4. The Morgan fingerprint density at radius 3 is 2.83 bits per heavy atom. The molecule has 0 saturated heterocycles. The highest BCUT2D eigenvalue weighted by molar-refractivity contribution is 9.11. The second-order valence-electron chi connectivity index (χ2n) is 3.85. The van der Waals surface area contributed by atoms with Gasteiger partial charge in [-0.25, -0.2) is 0 Å². The number of nitrogens with one attached hydrogen (secondary N) is 1. The van der Waals surface area contributed by atoms with Crippen LogP contribution in [0.4, 0.5) is 0 Å². The summed E-state index contributed by atoms with van der Waals surface area (Å²) in [6.07, 6.45) is 0. The van der Waals surface area contributed by atoms with E-state index in [4.69, 9.17) is 0 Å². The molecular weight excluding hydrogens is 378 g/mol. The van der Waals surface area contributed by atoms with E-state index in [-0.39, 0.29) is 6.04 Å². The second-order valence-corrected chi connectivity index (χ2v) is 6.63. The van der Waals surface area contributed by atoms with Crippen LogP contribution < -0.4 is 5.32 Å². The molecule has 0 spiro atoms. The molecule has 18 heavy (non-hydrogen) atoms. The van der Waals surface area contributed by atoms with E-state index in [9.17, 15) is 0 Å². The van der Waals surface area contributed by atoms with Gasteiger partial charge in [-0.3, -0.25) is 0 Å². The Bertz CT molecular complexity index is 542. The van der Waals surface area contributed by atoms with Crippen LogP contribution in [-0.4, -0.2) is 16.7 Å². The van der Waals surface area contributed by atoms with Crippen molar-refractivity contribution in [3.63, 3.8) is 0 Å². The van der Waals surface area contributed by atoms with Crippen LogP contribution in [0, 0.1) is 0 Å². The summed E-state index contributed by atoms with van der Waals surface area (Å²) < 4.78 is 2.07. The van der Waals surface area contributed by atoms with Crippen LogP contribution in [0.5, 0.6) is 0 Å². The summed E-state index contributed by atoms with van der Waals surface area (Å²) >= 11 is 8.65. The number of benzene rings is 1. The third-order valence-electron chi connectivity index (χ3n) is 2.48. The fourth-order valence-corrected chi connectivity index (χ4v) is 3.40. The molecule has 0 radical (unpaired) electrons. The van der Waals surface area contributed by atoms with Gasteiger partial charge in [-0.15, -0.1) is 10.2 Å². The molecule has 0 bridgehead atoms. The largest absolute Gasteiger partial charge is 0.308 e. The average molecular weight is 391 g/mol. The van der Waals surface area contributed by atoms with Crippen molar-refractivity contribution in [3.8, 4) is 10.6 Å². The maximum absolute atomic E-state index is 4.27. The van der Waals surface area contributed by atoms with Gasteiger partial charge in [0.15, 0.2) is 0 Å². The number of hydrogen-bond acceptors (Lipinski definition) is 4. The molecule has 1 aromatic heterocycles. The number of halogens is 2. The topological polar surface area (TPSA) is 37.8 Å². The molecule has 0 aliphatic heterocycles. The first kappa shape index (κ1) is 14.1. The predicted octanol–water partition coefficient (Wildman–Crippen LogP) is 4.40. The Kier molecular flexibility index (Phi) is 4.89. The van der Waals surface area contributed by atoms with Crippen LogP contribution in [0.25, 0.3) is 10.6 Å². The SMILES string of the molecule is CCNC(C)c1nnc(-c2cc(Br)ccc2Br)s1. The summed E-state index contributed by atoms with van der Waals surface area (Å²) in [5, 5.41) is 13.8. The van der Waals surface area contributed by atoms with Gasteiger partial charge in [0.25, 0.3) is 0 Å². The monoisotopic (exact) mass is 389 g/mol. The highest BCUT2D eigenvalue weighted by Gasteiger charge is 2.14. The van der Waals surface area contributed by atoms with Crippen molar-refractivity contribution in [2.75, 3.05) is 6.54 Å². The van der Waals surface area contributed by atoms with Gasteiger partial charge in [0.05, 0.1) is 6.04 Å². The zero-order valence-electron chi connectivity index (χ0n) is 10.1. The van der Waals surface area contributed by atoms with Crippen LogP contribution in [0.2, 0.25) is 0 Å². The molecule has 1 atom stereocenters. The molecule has 0 aliphatic rings. The van der Waals surface area contributed by atoms with Gasteiger partial charge in [-0.1, -0.05) is 50.1 Å². The quantitative estimate of drug-likeness (QED) is 0.840. The lowest BCUT2D eigenvalue weighted by atomic mass is 10.2. The number of nitrogens with zero attached hydrogens (tertiary/aromatic N) is 2. The van der Waals surface area contributed by atoms with E-state index < -0.39 is 0 Å². The van der Waals surface area contributed by atoms with Crippen molar-refractivity contribution < 1.29 is 0 Å². The molecule has 0 fully saturated rings. The van der Waals surface area contributed by atoms with Crippen molar-refractivity contribution in [1.82, 2.24) is 15.5 Å². The lowest BCUT2D eigenvalue weighted by molar-refractivity contribution is 0.590. The molecule has 2 aromatic rings. The zero-order chi connectivity index (χ0) is 13.1. The van der Waals surface area contributed by atoms with Gasteiger partial charge < -0.3 is 5.32 Å². The summed E-state index contributed by atoms with van der Waals surface area (Å²) in [4.78, 5) is 0. The molecule has 1 unspecified atom stereocenters. The van der Waals surface area contributed by atoms with Crippen LogP contribution in [0.1, 0.15) is 24.9 Å². The van der Waals surface area contributed by atoms with Gasteiger partial charge >= 0.3 is 0 Å².